The van der Waals surface area contributed by atoms with Gasteiger partial charge in [0.1, 0.15) is 11.9 Å². The summed E-state index contributed by atoms with van der Waals surface area (Å²) in [5.41, 5.74) is 1.26. The third-order valence-corrected chi connectivity index (χ3v) is 6.50. The normalized spacial score (nSPS) is 20.9. The Morgan fingerprint density at radius 2 is 1.82 bits per heavy atom. The van der Waals surface area contributed by atoms with Crippen molar-refractivity contribution >= 4 is 5.91 Å². The summed E-state index contributed by atoms with van der Waals surface area (Å²) in [5, 5.41) is 0. The fraction of sp³-hybridized carbons (Fsp3) is 0.696. The van der Waals surface area contributed by atoms with Crippen LogP contribution in [-0.2, 0) is 14.9 Å². The summed E-state index contributed by atoms with van der Waals surface area (Å²) in [4.78, 5) is 16.2. The van der Waals surface area contributed by atoms with Crippen LogP contribution >= 0.6 is 0 Å². The second-order valence-corrected chi connectivity index (χ2v) is 8.74. The molecular weight excluding hydrogens is 352 g/mol. The highest BCUT2D eigenvalue weighted by molar-refractivity contribution is 5.73. The van der Waals surface area contributed by atoms with Crippen molar-refractivity contribution < 1.29 is 14.3 Å². The Morgan fingerprint density at radius 1 is 1.21 bits per heavy atom. The monoisotopic (exact) mass is 388 g/mol. The van der Waals surface area contributed by atoms with Crippen molar-refractivity contribution in [3.8, 4) is 5.75 Å². The number of carbonyl (C=O) groups is 1. The van der Waals surface area contributed by atoms with E-state index in [0.717, 1.165) is 64.3 Å². The second kappa shape index (κ2) is 9.27. The van der Waals surface area contributed by atoms with Crippen LogP contribution in [-0.4, -0.2) is 67.7 Å². The largest absolute Gasteiger partial charge is 0.490 e. The van der Waals surface area contributed by atoms with Crippen LogP contribution in [0, 0.1) is 0 Å². The summed E-state index contributed by atoms with van der Waals surface area (Å²) in [7, 11) is 1.89. The van der Waals surface area contributed by atoms with Gasteiger partial charge in [0.2, 0.25) is 5.91 Å². The van der Waals surface area contributed by atoms with Crippen LogP contribution in [0.25, 0.3) is 0 Å². The zero-order valence-corrected chi connectivity index (χ0v) is 17.9. The predicted octanol–water partition coefficient (Wildman–Crippen LogP) is 3.46. The molecule has 2 aliphatic rings. The van der Waals surface area contributed by atoms with Gasteiger partial charge in [-0.25, -0.2) is 0 Å². The van der Waals surface area contributed by atoms with E-state index in [1.54, 1.807) is 6.92 Å². The van der Waals surface area contributed by atoms with E-state index in [4.69, 9.17) is 9.47 Å². The Kier molecular flexibility index (Phi) is 7.00. The number of amides is 1. The number of nitrogens with zero attached hydrogens (tertiary/aromatic N) is 2. The van der Waals surface area contributed by atoms with Gasteiger partial charge in [-0.3, -0.25) is 4.79 Å². The molecule has 2 saturated heterocycles. The SMILES string of the molecule is CC(=O)N(C)CC1(c2ccc(OC3CCN(C(C)C)CC3)cc2)CCOCC1. The maximum Gasteiger partial charge on any atom is 0.219 e. The Labute approximate surface area is 170 Å². The van der Waals surface area contributed by atoms with Gasteiger partial charge in [-0.1, -0.05) is 12.1 Å². The summed E-state index contributed by atoms with van der Waals surface area (Å²) in [6.45, 7) is 10.6. The van der Waals surface area contributed by atoms with Crippen molar-refractivity contribution in [2.24, 2.45) is 0 Å². The average molecular weight is 389 g/mol. The molecule has 0 N–H and O–H groups in total. The van der Waals surface area contributed by atoms with Gasteiger partial charge in [-0.2, -0.15) is 0 Å². The molecule has 0 aliphatic carbocycles. The zero-order chi connectivity index (χ0) is 20.1. The van der Waals surface area contributed by atoms with Gasteiger partial charge >= 0.3 is 0 Å². The first-order chi connectivity index (χ1) is 13.4. The number of likely N-dealkylation sites (N-methyl/N-ethyl adjacent to an activating group) is 1. The van der Waals surface area contributed by atoms with E-state index >= 15 is 0 Å². The number of hydrogen-bond acceptors (Lipinski definition) is 4. The second-order valence-electron chi connectivity index (χ2n) is 8.74. The van der Waals surface area contributed by atoms with Crippen molar-refractivity contribution in [2.75, 3.05) is 39.9 Å². The molecule has 2 fully saturated rings. The molecule has 1 aromatic carbocycles. The van der Waals surface area contributed by atoms with Gasteiger partial charge in [0, 0.05) is 58.3 Å². The minimum absolute atomic E-state index is 0.0280. The molecule has 0 unspecified atom stereocenters. The zero-order valence-electron chi connectivity index (χ0n) is 17.9. The molecule has 156 valence electrons. The lowest BCUT2D eigenvalue weighted by Gasteiger charge is -2.40. The molecule has 28 heavy (non-hydrogen) atoms. The van der Waals surface area contributed by atoms with Crippen molar-refractivity contribution in [1.29, 1.82) is 0 Å². The Bertz CT molecular complexity index is 630. The Balaban J connectivity index is 1.65. The molecule has 0 spiro atoms. The van der Waals surface area contributed by atoms with E-state index in [-0.39, 0.29) is 11.3 Å². The van der Waals surface area contributed by atoms with Gasteiger partial charge < -0.3 is 19.3 Å². The third kappa shape index (κ3) is 5.06. The van der Waals surface area contributed by atoms with Crippen LogP contribution in [0.15, 0.2) is 24.3 Å². The molecule has 5 heteroatoms. The predicted molar refractivity (Wildman–Crippen MR) is 112 cm³/mol. The summed E-state index contributed by atoms with van der Waals surface area (Å²) in [6, 6.07) is 9.21. The molecule has 0 aromatic heterocycles. The molecule has 2 heterocycles. The number of piperidine rings is 1. The molecule has 3 rings (SSSR count). The molecular formula is C23H36N2O3. The fourth-order valence-electron chi connectivity index (χ4n) is 4.46. The van der Waals surface area contributed by atoms with Crippen molar-refractivity contribution in [1.82, 2.24) is 9.80 Å². The topological polar surface area (TPSA) is 42.0 Å². The minimum atomic E-state index is -0.0280. The highest BCUT2D eigenvalue weighted by Gasteiger charge is 2.36. The first-order valence-electron chi connectivity index (χ1n) is 10.7. The standard InChI is InChI=1S/C23H36N2O3/c1-18(2)25-13-9-22(10-14-25)28-21-7-5-20(6-8-21)23(11-15-27-16-12-23)17-24(4)19(3)26/h5-8,18,22H,9-17H2,1-4H3. The van der Waals surface area contributed by atoms with Crippen LogP contribution in [0.4, 0.5) is 0 Å². The molecule has 5 nitrogen and oxygen atoms in total. The quantitative estimate of drug-likeness (QED) is 0.748. The highest BCUT2D eigenvalue weighted by Crippen LogP contribution is 2.36. The van der Waals surface area contributed by atoms with Gasteiger partial charge in [-0.15, -0.1) is 0 Å². The summed E-state index contributed by atoms with van der Waals surface area (Å²) in [6.07, 6.45) is 4.37. The first-order valence-corrected chi connectivity index (χ1v) is 10.7. The van der Waals surface area contributed by atoms with Gasteiger partial charge in [0.15, 0.2) is 0 Å². The maximum atomic E-state index is 11.8. The average Bonchev–Trinajstić information content (AvgIpc) is 2.69. The number of benzene rings is 1. The number of rotatable bonds is 6. The molecule has 1 aromatic rings. The molecule has 0 bridgehead atoms. The minimum Gasteiger partial charge on any atom is -0.490 e. The fourth-order valence-corrected chi connectivity index (χ4v) is 4.46. The van der Waals surface area contributed by atoms with E-state index < -0.39 is 0 Å². The van der Waals surface area contributed by atoms with E-state index in [9.17, 15) is 4.79 Å². The van der Waals surface area contributed by atoms with E-state index in [0.29, 0.717) is 12.1 Å². The molecule has 0 saturated carbocycles. The van der Waals surface area contributed by atoms with Crippen molar-refractivity contribution in [3.63, 3.8) is 0 Å². The van der Waals surface area contributed by atoms with Crippen molar-refractivity contribution in [2.45, 2.75) is 64.0 Å². The molecule has 2 aliphatic heterocycles. The number of ether oxygens (including phenoxy) is 2. The Morgan fingerprint density at radius 3 is 2.36 bits per heavy atom. The smallest absolute Gasteiger partial charge is 0.219 e. The van der Waals surface area contributed by atoms with Gasteiger partial charge in [0.05, 0.1) is 0 Å². The number of hydrogen-bond donors (Lipinski definition) is 0. The van der Waals surface area contributed by atoms with Gasteiger partial charge in [0.25, 0.3) is 0 Å². The summed E-state index contributed by atoms with van der Waals surface area (Å²) >= 11 is 0. The lowest BCUT2D eigenvalue weighted by atomic mass is 9.73. The Hall–Kier alpha value is -1.59. The summed E-state index contributed by atoms with van der Waals surface area (Å²) in [5.74, 6) is 1.06. The van der Waals surface area contributed by atoms with Crippen LogP contribution in [0.3, 0.4) is 0 Å². The number of likely N-dealkylation sites (tertiary alicyclic amines) is 1. The first kappa shape index (κ1) is 21.1. The van der Waals surface area contributed by atoms with E-state index in [1.807, 2.05) is 11.9 Å². The van der Waals surface area contributed by atoms with Crippen LogP contribution < -0.4 is 4.74 Å². The summed E-state index contributed by atoms with van der Waals surface area (Å²) < 4.78 is 11.9. The van der Waals surface area contributed by atoms with Crippen molar-refractivity contribution in [3.05, 3.63) is 29.8 Å². The van der Waals surface area contributed by atoms with E-state index in [1.165, 1.54) is 5.56 Å². The van der Waals surface area contributed by atoms with Crippen LogP contribution in [0.5, 0.6) is 5.75 Å². The lowest BCUT2D eigenvalue weighted by molar-refractivity contribution is -0.129. The molecule has 1 amide bonds. The molecule has 0 radical (unpaired) electrons. The molecule has 0 atom stereocenters. The van der Waals surface area contributed by atoms with E-state index in [2.05, 4.69) is 43.0 Å². The van der Waals surface area contributed by atoms with Crippen LogP contribution in [0.1, 0.15) is 52.0 Å². The number of carbonyl (C=O) groups excluding carboxylic acids is 1. The lowest BCUT2D eigenvalue weighted by Crippen LogP contribution is -2.44. The maximum absolute atomic E-state index is 11.8. The highest BCUT2D eigenvalue weighted by atomic mass is 16.5. The van der Waals surface area contributed by atoms with Crippen LogP contribution in [0.2, 0.25) is 0 Å². The van der Waals surface area contributed by atoms with Gasteiger partial charge in [-0.05, 0) is 57.2 Å². The third-order valence-electron chi connectivity index (χ3n) is 6.50.